The van der Waals surface area contributed by atoms with Crippen molar-refractivity contribution in [1.29, 1.82) is 0 Å². The van der Waals surface area contributed by atoms with Crippen LogP contribution in [0.2, 0.25) is 0 Å². The zero-order valence-electron chi connectivity index (χ0n) is 14.4. The number of carbonyl (C=O) groups excluding carboxylic acids is 1. The van der Waals surface area contributed by atoms with Gasteiger partial charge in [0, 0.05) is 43.9 Å². The average Bonchev–Trinajstić information content (AvgIpc) is 3.11. The molecule has 1 heterocycles. The first-order valence-electron chi connectivity index (χ1n) is 8.89. The van der Waals surface area contributed by atoms with E-state index in [0.29, 0.717) is 12.3 Å². The van der Waals surface area contributed by atoms with E-state index < -0.39 is 0 Å². The smallest absolute Gasteiger partial charge is 0.162 e. The summed E-state index contributed by atoms with van der Waals surface area (Å²) in [5.41, 5.74) is 3.39. The normalized spacial score (nSPS) is 17.2. The number of Topliss-reactive ketones (excluding diaryl/α,β-unsaturated/α-hetero) is 1. The second kappa shape index (κ2) is 8.11. The molecular weight excluding hydrogens is 296 g/mol. The van der Waals surface area contributed by atoms with Gasteiger partial charge in [0.05, 0.1) is 0 Å². The Kier molecular flexibility index (Phi) is 5.65. The van der Waals surface area contributed by atoms with Gasteiger partial charge in [-0.15, -0.1) is 0 Å². The Balaban J connectivity index is 1.47. The molecule has 1 aliphatic heterocycles. The third-order valence-electron chi connectivity index (χ3n) is 4.77. The van der Waals surface area contributed by atoms with Gasteiger partial charge >= 0.3 is 0 Å². The Hall–Kier alpha value is -2.13. The van der Waals surface area contributed by atoms with Crippen LogP contribution in [0.3, 0.4) is 0 Å². The van der Waals surface area contributed by atoms with Crippen LogP contribution < -0.4 is 10.2 Å². The summed E-state index contributed by atoms with van der Waals surface area (Å²) in [6.45, 7) is 6.08. The van der Waals surface area contributed by atoms with E-state index in [0.717, 1.165) is 31.7 Å². The van der Waals surface area contributed by atoms with Gasteiger partial charge in [0.2, 0.25) is 0 Å². The summed E-state index contributed by atoms with van der Waals surface area (Å²) in [7, 11) is 0. The number of anilines is 1. The maximum Gasteiger partial charge on any atom is 0.162 e. The predicted molar refractivity (Wildman–Crippen MR) is 99.5 cm³/mol. The van der Waals surface area contributed by atoms with Crippen LogP contribution >= 0.6 is 0 Å². The number of nitrogens with zero attached hydrogens (tertiary/aromatic N) is 1. The summed E-state index contributed by atoms with van der Waals surface area (Å²) in [6, 6.07) is 18.6. The zero-order valence-corrected chi connectivity index (χ0v) is 14.4. The minimum absolute atomic E-state index is 0.214. The van der Waals surface area contributed by atoms with Crippen molar-refractivity contribution in [2.24, 2.45) is 5.92 Å². The third kappa shape index (κ3) is 4.24. The van der Waals surface area contributed by atoms with Gasteiger partial charge < -0.3 is 10.2 Å². The topological polar surface area (TPSA) is 32.3 Å². The molecule has 1 unspecified atom stereocenters. The van der Waals surface area contributed by atoms with Crippen molar-refractivity contribution in [2.45, 2.75) is 26.3 Å². The Labute approximate surface area is 144 Å². The van der Waals surface area contributed by atoms with Gasteiger partial charge in [-0.05, 0) is 42.2 Å². The van der Waals surface area contributed by atoms with E-state index >= 15 is 0 Å². The lowest BCUT2D eigenvalue weighted by Gasteiger charge is -2.19. The maximum atomic E-state index is 11.7. The summed E-state index contributed by atoms with van der Waals surface area (Å²) < 4.78 is 0. The van der Waals surface area contributed by atoms with Crippen LogP contribution in [-0.4, -0.2) is 25.4 Å². The van der Waals surface area contributed by atoms with Crippen LogP contribution in [0.4, 0.5) is 5.69 Å². The predicted octanol–water partition coefficient (Wildman–Crippen LogP) is 3.90. The summed E-state index contributed by atoms with van der Waals surface area (Å²) in [4.78, 5) is 14.1. The molecule has 1 atom stereocenters. The van der Waals surface area contributed by atoms with Gasteiger partial charge in [0.25, 0.3) is 0 Å². The number of nitrogens with one attached hydrogen (secondary N) is 1. The number of carbonyl (C=O) groups is 1. The second-order valence-electron chi connectivity index (χ2n) is 6.54. The van der Waals surface area contributed by atoms with E-state index in [1.54, 1.807) is 0 Å². The fourth-order valence-electron chi connectivity index (χ4n) is 3.31. The lowest BCUT2D eigenvalue weighted by atomic mass is 10.1. The lowest BCUT2D eigenvalue weighted by molar-refractivity contribution is 0.0988. The first-order chi connectivity index (χ1) is 11.8. The second-order valence-corrected chi connectivity index (χ2v) is 6.54. The monoisotopic (exact) mass is 322 g/mol. The molecule has 2 aromatic rings. The fourth-order valence-corrected chi connectivity index (χ4v) is 3.31. The van der Waals surface area contributed by atoms with Crippen molar-refractivity contribution in [3.63, 3.8) is 0 Å². The minimum Gasteiger partial charge on any atom is -0.371 e. The zero-order chi connectivity index (χ0) is 16.8. The molecule has 2 aromatic carbocycles. The van der Waals surface area contributed by atoms with E-state index in [-0.39, 0.29) is 5.78 Å². The van der Waals surface area contributed by atoms with Crippen LogP contribution in [0.25, 0.3) is 0 Å². The highest BCUT2D eigenvalue weighted by atomic mass is 16.1. The van der Waals surface area contributed by atoms with E-state index in [9.17, 15) is 4.79 Å². The van der Waals surface area contributed by atoms with Crippen LogP contribution in [0.5, 0.6) is 0 Å². The van der Waals surface area contributed by atoms with E-state index in [1.807, 2.05) is 19.1 Å². The van der Waals surface area contributed by atoms with Crippen molar-refractivity contribution in [3.8, 4) is 0 Å². The van der Waals surface area contributed by atoms with Crippen molar-refractivity contribution in [3.05, 3.63) is 65.7 Å². The van der Waals surface area contributed by atoms with Gasteiger partial charge in [-0.2, -0.15) is 0 Å². The largest absolute Gasteiger partial charge is 0.371 e. The number of ketones is 1. The molecule has 0 bridgehead atoms. The van der Waals surface area contributed by atoms with Crippen LogP contribution in [-0.2, 0) is 6.54 Å². The molecule has 0 radical (unpaired) electrons. The molecule has 0 amide bonds. The van der Waals surface area contributed by atoms with Crippen LogP contribution in [0, 0.1) is 5.92 Å². The summed E-state index contributed by atoms with van der Waals surface area (Å²) in [5.74, 6) is 0.900. The molecule has 3 heteroatoms. The Morgan fingerprint density at radius 1 is 1.12 bits per heavy atom. The molecule has 0 spiro atoms. The van der Waals surface area contributed by atoms with Crippen molar-refractivity contribution < 1.29 is 4.79 Å². The van der Waals surface area contributed by atoms with Crippen LogP contribution in [0.1, 0.15) is 35.7 Å². The molecule has 1 fully saturated rings. The first-order valence-corrected chi connectivity index (χ1v) is 8.89. The highest BCUT2D eigenvalue weighted by molar-refractivity contribution is 5.96. The molecular formula is C21H26N2O. The maximum absolute atomic E-state index is 11.7. The number of hydrogen-bond donors (Lipinski definition) is 1. The van der Waals surface area contributed by atoms with Crippen molar-refractivity contribution in [1.82, 2.24) is 5.32 Å². The van der Waals surface area contributed by atoms with Gasteiger partial charge in [0.1, 0.15) is 0 Å². The molecule has 0 saturated carbocycles. The standard InChI is InChI=1S/C21H26N2O/c1-2-21(24)19-8-10-20(11-9-19)23-13-12-18(16-23)15-22-14-17-6-4-3-5-7-17/h3-11,18,22H,2,12-16H2,1H3. The first kappa shape index (κ1) is 16.7. The van der Waals surface area contributed by atoms with Gasteiger partial charge in [-0.25, -0.2) is 0 Å². The number of hydrogen-bond acceptors (Lipinski definition) is 3. The molecule has 1 aliphatic rings. The van der Waals surface area contributed by atoms with Crippen molar-refractivity contribution >= 4 is 11.5 Å². The molecule has 3 nitrogen and oxygen atoms in total. The van der Waals surface area contributed by atoms with E-state index in [1.165, 1.54) is 17.7 Å². The molecule has 1 saturated heterocycles. The molecule has 1 N–H and O–H groups in total. The van der Waals surface area contributed by atoms with Gasteiger partial charge in [-0.1, -0.05) is 37.3 Å². The quantitative estimate of drug-likeness (QED) is 0.785. The van der Waals surface area contributed by atoms with Crippen molar-refractivity contribution in [2.75, 3.05) is 24.5 Å². The molecule has 126 valence electrons. The summed E-state index contributed by atoms with van der Waals surface area (Å²) in [5, 5.41) is 3.58. The van der Waals surface area contributed by atoms with Gasteiger partial charge in [0.15, 0.2) is 5.78 Å². The highest BCUT2D eigenvalue weighted by Crippen LogP contribution is 2.24. The minimum atomic E-state index is 0.214. The molecule has 0 aromatic heterocycles. The highest BCUT2D eigenvalue weighted by Gasteiger charge is 2.22. The fraction of sp³-hybridized carbons (Fsp3) is 0.381. The Morgan fingerprint density at radius 3 is 2.58 bits per heavy atom. The van der Waals surface area contributed by atoms with Crippen LogP contribution in [0.15, 0.2) is 54.6 Å². The summed E-state index contributed by atoms with van der Waals surface area (Å²) in [6.07, 6.45) is 1.79. The summed E-state index contributed by atoms with van der Waals surface area (Å²) >= 11 is 0. The third-order valence-corrected chi connectivity index (χ3v) is 4.77. The average molecular weight is 322 g/mol. The molecule has 0 aliphatic carbocycles. The molecule has 24 heavy (non-hydrogen) atoms. The Morgan fingerprint density at radius 2 is 1.88 bits per heavy atom. The lowest BCUT2D eigenvalue weighted by Crippen LogP contribution is -2.26. The number of rotatable bonds is 7. The van der Waals surface area contributed by atoms with Gasteiger partial charge in [-0.3, -0.25) is 4.79 Å². The Bertz CT molecular complexity index is 651. The molecule has 3 rings (SSSR count). The van der Waals surface area contributed by atoms with E-state index in [4.69, 9.17) is 0 Å². The number of benzene rings is 2. The van der Waals surface area contributed by atoms with E-state index in [2.05, 4.69) is 52.7 Å². The SMILES string of the molecule is CCC(=O)c1ccc(N2CCC(CNCc3ccccc3)C2)cc1.